The SMILES string of the molecule is C=CC=O.CCn1c(-c2cccnc2C(C)OC)c(CC(C)(C)COC=O)c2cc(-c3cccc(CC(NC(=O)C(C(C)C)N(C)C)C(=O)N4CCCCN4)c3)ccc21.CN1CC(C=O)CC1(C)C. The molecule has 376 valence electrons. The maximum atomic E-state index is 14.0. The summed E-state index contributed by atoms with van der Waals surface area (Å²) in [6, 6.07) is 17.8. The van der Waals surface area contributed by atoms with Gasteiger partial charge in [-0.2, -0.15) is 0 Å². The third kappa shape index (κ3) is 14.7. The summed E-state index contributed by atoms with van der Waals surface area (Å²) in [7, 11) is 7.56. The number of aromatic nitrogens is 2. The number of rotatable bonds is 19. The number of nitrogens with zero attached hydrogens (tertiary/aromatic N) is 5. The van der Waals surface area contributed by atoms with Crippen LogP contribution in [-0.2, 0) is 52.8 Å². The highest BCUT2D eigenvalue weighted by molar-refractivity contribution is 5.95. The Morgan fingerprint density at radius 1 is 1.04 bits per heavy atom. The minimum Gasteiger partial charge on any atom is -0.467 e. The van der Waals surface area contributed by atoms with Crippen LogP contribution in [0.4, 0.5) is 0 Å². The molecule has 0 aliphatic carbocycles. The second-order valence-electron chi connectivity index (χ2n) is 20.3. The first-order valence-electron chi connectivity index (χ1n) is 24.3. The van der Waals surface area contributed by atoms with Gasteiger partial charge < -0.3 is 29.1 Å². The minimum atomic E-state index is -0.733. The van der Waals surface area contributed by atoms with Crippen LogP contribution in [0.1, 0.15) is 97.6 Å². The van der Waals surface area contributed by atoms with Crippen LogP contribution in [-0.4, -0.2) is 127 Å². The molecule has 2 aromatic carbocycles. The van der Waals surface area contributed by atoms with Crippen molar-refractivity contribution in [2.45, 2.75) is 118 Å². The van der Waals surface area contributed by atoms with Crippen LogP contribution in [0.2, 0.25) is 0 Å². The first-order valence-corrected chi connectivity index (χ1v) is 24.3. The Morgan fingerprint density at radius 3 is 2.30 bits per heavy atom. The van der Waals surface area contributed by atoms with Gasteiger partial charge in [-0.1, -0.05) is 64.6 Å². The quantitative estimate of drug-likeness (QED) is 0.0697. The number of benzene rings is 2. The monoisotopic (exact) mass is 950 g/mol. The van der Waals surface area contributed by atoms with E-state index in [1.807, 2.05) is 58.0 Å². The van der Waals surface area contributed by atoms with E-state index in [4.69, 9.17) is 19.3 Å². The molecule has 4 heterocycles. The molecule has 14 heteroatoms. The maximum absolute atomic E-state index is 14.0. The predicted molar refractivity (Wildman–Crippen MR) is 275 cm³/mol. The summed E-state index contributed by atoms with van der Waals surface area (Å²) in [6.07, 6.45) is 8.43. The normalized spacial score (nSPS) is 17.2. The van der Waals surface area contributed by atoms with Crippen molar-refractivity contribution in [3.8, 4) is 22.4 Å². The largest absolute Gasteiger partial charge is 0.467 e. The lowest BCUT2D eigenvalue weighted by atomic mass is 9.84. The van der Waals surface area contributed by atoms with Gasteiger partial charge in [0.05, 0.1) is 30.1 Å². The van der Waals surface area contributed by atoms with Crippen molar-refractivity contribution in [1.29, 1.82) is 0 Å². The van der Waals surface area contributed by atoms with Crippen LogP contribution in [0.3, 0.4) is 0 Å². The van der Waals surface area contributed by atoms with Crippen molar-refractivity contribution < 1.29 is 33.4 Å². The zero-order valence-corrected chi connectivity index (χ0v) is 43.3. The molecule has 2 amide bonds. The molecule has 0 bridgehead atoms. The van der Waals surface area contributed by atoms with Crippen LogP contribution in [0.15, 0.2) is 73.4 Å². The molecule has 14 nitrogen and oxygen atoms in total. The van der Waals surface area contributed by atoms with Crippen LogP contribution in [0.5, 0.6) is 0 Å². The van der Waals surface area contributed by atoms with Gasteiger partial charge in [-0.15, -0.1) is 0 Å². The number of aldehydes is 2. The Hall–Kier alpha value is -5.54. The van der Waals surface area contributed by atoms with Gasteiger partial charge in [0, 0.05) is 79.2 Å². The van der Waals surface area contributed by atoms with Gasteiger partial charge in [0.25, 0.3) is 12.4 Å². The molecule has 4 atom stereocenters. The van der Waals surface area contributed by atoms with Crippen molar-refractivity contribution in [3.63, 3.8) is 0 Å². The van der Waals surface area contributed by atoms with Gasteiger partial charge in [0.2, 0.25) is 5.91 Å². The van der Waals surface area contributed by atoms with Crippen molar-refractivity contribution in [3.05, 3.63) is 90.3 Å². The number of methoxy groups -OCH3 is 1. The standard InChI is InChI=1S/C44H60N6O5.C8H15NO.C3H4O/c1-10-49-38-19-18-33(25-35(38)36(26-44(5,6)27-55-28-51)41(49)34-17-14-20-45-39(34)30(4)54-9)32-16-13-15-31(23-32)24-37(43(53)50-22-12-11-21-46-50)47-42(52)40(29(2)3)48(7)8;1-8(2)4-7(6-10)5-9(8)3;1-2-3-4/h13-20,23,25,28-30,37,40,46H,10-12,21-22,24,26-27H2,1-9H3,(H,47,52);6-7H,4-5H2,1-3H3;2-3H,1H2. The molecular weight excluding hydrogens is 871 g/mol. The fourth-order valence-electron chi connectivity index (χ4n) is 9.58. The van der Waals surface area contributed by atoms with Crippen molar-refractivity contribution in [2.75, 3.05) is 54.5 Å². The van der Waals surface area contributed by atoms with Crippen molar-refractivity contribution in [2.24, 2.45) is 17.3 Å². The number of hydrogen-bond acceptors (Lipinski definition) is 11. The number of likely N-dealkylation sites (N-methyl/N-ethyl adjacent to an activating group) is 1. The molecule has 2 N–H and O–H groups in total. The zero-order valence-electron chi connectivity index (χ0n) is 43.3. The number of carbonyl (C=O) groups excluding carboxylic acids is 5. The van der Waals surface area contributed by atoms with Crippen LogP contribution >= 0.6 is 0 Å². The van der Waals surface area contributed by atoms with Gasteiger partial charge in [0.15, 0.2) is 0 Å². The van der Waals surface area contributed by atoms with Crippen molar-refractivity contribution >= 4 is 41.8 Å². The summed E-state index contributed by atoms with van der Waals surface area (Å²) in [4.78, 5) is 67.3. The first kappa shape index (κ1) is 56.1. The zero-order chi connectivity index (χ0) is 51.1. The molecule has 2 fully saturated rings. The van der Waals surface area contributed by atoms with Crippen LogP contribution < -0.4 is 10.7 Å². The number of fused-ring (bicyclic) bond motifs is 1. The summed E-state index contributed by atoms with van der Waals surface area (Å²) < 4.78 is 13.4. The average molecular weight is 950 g/mol. The lowest BCUT2D eigenvalue weighted by Crippen LogP contribution is -2.58. The van der Waals surface area contributed by atoms with E-state index in [-0.39, 0.29) is 53.4 Å². The van der Waals surface area contributed by atoms with Gasteiger partial charge in [-0.05, 0) is 133 Å². The Bertz CT molecular complexity index is 2330. The Kier molecular flexibility index (Phi) is 21.0. The Balaban J connectivity index is 0.000000638. The second kappa shape index (κ2) is 25.9. The van der Waals surface area contributed by atoms with E-state index < -0.39 is 6.04 Å². The van der Waals surface area contributed by atoms with E-state index in [2.05, 4.69) is 105 Å². The summed E-state index contributed by atoms with van der Waals surface area (Å²) in [6.45, 7) is 23.7. The third-order valence-corrected chi connectivity index (χ3v) is 13.3. The van der Waals surface area contributed by atoms with Crippen LogP contribution in [0, 0.1) is 17.3 Å². The van der Waals surface area contributed by atoms with E-state index >= 15 is 0 Å². The molecule has 2 saturated heterocycles. The lowest BCUT2D eigenvalue weighted by Gasteiger charge is -2.33. The summed E-state index contributed by atoms with van der Waals surface area (Å²) in [5, 5.41) is 5.92. The minimum absolute atomic E-state index is 0.0707. The number of allylic oxidation sites excluding steroid dienone is 1. The third-order valence-electron chi connectivity index (χ3n) is 13.3. The van der Waals surface area contributed by atoms with E-state index in [1.165, 1.54) is 6.08 Å². The fourth-order valence-corrected chi connectivity index (χ4v) is 9.58. The summed E-state index contributed by atoms with van der Waals surface area (Å²) in [5.74, 6) is 0.0538. The molecule has 2 aromatic heterocycles. The number of ether oxygens (including phenoxy) is 2. The number of aryl methyl sites for hydroxylation is 1. The lowest BCUT2D eigenvalue weighted by molar-refractivity contribution is -0.141. The number of likely N-dealkylation sites (tertiary alicyclic amines) is 1. The molecule has 0 radical (unpaired) electrons. The smallest absolute Gasteiger partial charge is 0.293 e. The number of carbonyl (C=O) groups is 5. The number of nitrogens with one attached hydrogen (secondary N) is 2. The van der Waals surface area contributed by atoms with E-state index in [1.54, 1.807) is 18.3 Å². The Labute approximate surface area is 411 Å². The summed E-state index contributed by atoms with van der Waals surface area (Å²) in [5.41, 5.74) is 11.3. The molecular formula is C55H79N7O7. The first-order chi connectivity index (χ1) is 32.8. The van der Waals surface area contributed by atoms with Gasteiger partial charge in [0.1, 0.15) is 18.6 Å². The molecule has 4 unspecified atom stereocenters. The number of hydrogen-bond donors (Lipinski definition) is 2. The topological polar surface area (TPSA) is 155 Å². The molecule has 69 heavy (non-hydrogen) atoms. The van der Waals surface area contributed by atoms with E-state index in [0.29, 0.717) is 32.1 Å². The molecule has 2 aliphatic heterocycles. The number of pyridine rings is 1. The van der Waals surface area contributed by atoms with E-state index in [9.17, 15) is 19.2 Å². The number of amides is 2. The molecule has 2 aliphatic rings. The van der Waals surface area contributed by atoms with E-state index in [0.717, 1.165) is 95.3 Å². The predicted octanol–water partition coefficient (Wildman–Crippen LogP) is 7.87. The highest BCUT2D eigenvalue weighted by Crippen LogP contribution is 2.42. The fraction of sp³-hybridized carbons (Fsp3) is 0.527. The number of hydrazine groups is 1. The highest BCUT2D eigenvalue weighted by Gasteiger charge is 2.36. The second-order valence-corrected chi connectivity index (χ2v) is 20.3. The van der Waals surface area contributed by atoms with Gasteiger partial charge in [-0.25, -0.2) is 5.43 Å². The maximum Gasteiger partial charge on any atom is 0.293 e. The average Bonchev–Trinajstić information content (AvgIpc) is 3.79. The van der Waals surface area contributed by atoms with Gasteiger partial charge in [-0.3, -0.25) is 34.1 Å². The highest BCUT2D eigenvalue weighted by atomic mass is 16.5. The Morgan fingerprint density at radius 2 is 1.75 bits per heavy atom. The molecule has 0 saturated carbocycles. The molecule has 4 aromatic rings. The summed E-state index contributed by atoms with van der Waals surface area (Å²) >= 11 is 0. The van der Waals surface area contributed by atoms with Gasteiger partial charge >= 0.3 is 0 Å². The molecule has 0 spiro atoms. The van der Waals surface area contributed by atoms with Crippen LogP contribution in [0.25, 0.3) is 33.3 Å². The van der Waals surface area contributed by atoms with Crippen molar-refractivity contribution in [1.82, 2.24) is 35.1 Å². The molecule has 6 rings (SSSR count).